The Morgan fingerprint density at radius 1 is 1.13 bits per heavy atom. The minimum atomic E-state index is -0.625. The van der Waals surface area contributed by atoms with Crippen LogP contribution in [-0.2, 0) is 20.7 Å². The Hall–Kier alpha value is -2.72. The number of carbonyl (C=O) groups excluding carboxylic acids is 2. The van der Waals surface area contributed by atoms with Gasteiger partial charge in [-0.15, -0.1) is 0 Å². The van der Waals surface area contributed by atoms with E-state index in [2.05, 4.69) is 4.99 Å². The summed E-state index contributed by atoms with van der Waals surface area (Å²) in [5.41, 5.74) is 4.11. The molecule has 0 saturated carbocycles. The zero-order valence-corrected chi connectivity index (χ0v) is 17.7. The Morgan fingerprint density at radius 2 is 1.93 bits per heavy atom. The van der Waals surface area contributed by atoms with Crippen molar-refractivity contribution in [1.29, 1.82) is 0 Å². The second-order valence-corrected chi connectivity index (χ2v) is 8.24. The quantitative estimate of drug-likeness (QED) is 0.615. The first kappa shape index (κ1) is 20.5. The smallest absolute Gasteiger partial charge is 0.315 e. The topological polar surface area (TPSA) is 55.7 Å². The molecular formula is C25H24ClNO3. The second kappa shape index (κ2) is 8.97. The number of halogens is 1. The molecule has 0 aromatic heterocycles. The van der Waals surface area contributed by atoms with E-state index in [1.54, 1.807) is 6.07 Å². The van der Waals surface area contributed by atoms with E-state index < -0.39 is 11.8 Å². The molecule has 1 aliphatic carbocycles. The molecule has 2 aromatic rings. The Bertz CT molecular complexity index is 1030. The van der Waals surface area contributed by atoms with E-state index >= 15 is 0 Å². The van der Waals surface area contributed by atoms with Gasteiger partial charge in [0.25, 0.3) is 0 Å². The third-order valence-electron chi connectivity index (χ3n) is 5.77. The molecule has 0 bridgehead atoms. The zero-order chi connectivity index (χ0) is 21.1. The van der Waals surface area contributed by atoms with Gasteiger partial charge in [-0.3, -0.25) is 14.6 Å². The normalized spacial score (nSPS) is 21.1. The Kier molecular flexibility index (Phi) is 6.14. The van der Waals surface area contributed by atoms with Crippen LogP contribution in [0.5, 0.6) is 0 Å². The average Bonchev–Trinajstić information content (AvgIpc) is 2.73. The van der Waals surface area contributed by atoms with Gasteiger partial charge in [-0.25, -0.2) is 0 Å². The van der Waals surface area contributed by atoms with Crippen molar-refractivity contribution in [3.05, 3.63) is 82.0 Å². The number of rotatable bonds is 5. The van der Waals surface area contributed by atoms with E-state index in [1.807, 2.05) is 55.5 Å². The molecule has 2 atom stereocenters. The lowest BCUT2D eigenvalue weighted by molar-refractivity contribution is -0.146. The lowest BCUT2D eigenvalue weighted by atomic mass is 9.72. The highest BCUT2D eigenvalue weighted by molar-refractivity contribution is 6.30. The van der Waals surface area contributed by atoms with Crippen LogP contribution < -0.4 is 0 Å². The summed E-state index contributed by atoms with van der Waals surface area (Å²) in [5.74, 6) is -1.31. The van der Waals surface area contributed by atoms with Crippen LogP contribution in [0.4, 0.5) is 0 Å². The maximum absolute atomic E-state index is 13.2. The Balaban J connectivity index is 1.63. The van der Waals surface area contributed by atoms with Gasteiger partial charge in [0.1, 0.15) is 5.92 Å². The van der Waals surface area contributed by atoms with Gasteiger partial charge in [-0.2, -0.15) is 0 Å². The van der Waals surface area contributed by atoms with E-state index in [1.165, 1.54) is 0 Å². The number of carbonyl (C=O) groups is 2. The summed E-state index contributed by atoms with van der Waals surface area (Å²) in [6.45, 7) is 2.14. The summed E-state index contributed by atoms with van der Waals surface area (Å²) in [6, 6.07) is 17.3. The number of nitrogens with zero attached hydrogens (tertiary/aromatic N) is 1. The van der Waals surface area contributed by atoms with Crippen molar-refractivity contribution in [1.82, 2.24) is 0 Å². The molecule has 30 heavy (non-hydrogen) atoms. The van der Waals surface area contributed by atoms with E-state index in [9.17, 15) is 9.59 Å². The number of ketones is 1. The van der Waals surface area contributed by atoms with E-state index in [0.717, 1.165) is 29.7 Å². The van der Waals surface area contributed by atoms with Crippen LogP contribution in [-0.4, -0.2) is 24.1 Å². The van der Waals surface area contributed by atoms with Gasteiger partial charge >= 0.3 is 5.97 Å². The van der Waals surface area contributed by atoms with Gasteiger partial charge in [-0.05, 0) is 43.0 Å². The van der Waals surface area contributed by atoms with Crippen LogP contribution in [0.1, 0.15) is 43.2 Å². The number of esters is 1. The standard InChI is InChI=1S/C25H24ClNO3/c1-16-22(25(29)30-14-13-17-7-3-2-4-8-17)23(18-9-5-10-19(26)15-18)24-20(27-16)11-6-12-21(24)28/h2-5,7-10,15,22-23H,6,11-14H2,1H3/t22?,23-/m0/s1. The Morgan fingerprint density at radius 3 is 2.70 bits per heavy atom. The fourth-order valence-electron chi connectivity index (χ4n) is 4.38. The van der Waals surface area contributed by atoms with Crippen LogP contribution >= 0.6 is 11.6 Å². The number of hydrogen-bond acceptors (Lipinski definition) is 4. The van der Waals surface area contributed by atoms with E-state index in [-0.39, 0.29) is 18.4 Å². The van der Waals surface area contributed by atoms with Gasteiger partial charge in [-0.1, -0.05) is 54.1 Å². The highest BCUT2D eigenvalue weighted by Gasteiger charge is 2.43. The monoisotopic (exact) mass is 421 g/mol. The van der Waals surface area contributed by atoms with Crippen molar-refractivity contribution in [2.45, 2.75) is 38.5 Å². The molecule has 0 saturated heterocycles. The second-order valence-electron chi connectivity index (χ2n) is 7.80. The largest absolute Gasteiger partial charge is 0.465 e. The van der Waals surface area contributed by atoms with Crippen molar-refractivity contribution < 1.29 is 14.3 Å². The summed E-state index contributed by atoms with van der Waals surface area (Å²) in [7, 11) is 0. The maximum atomic E-state index is 13.2. The molecule has 5 heteroatoms. The third kappa shape index (κ3) is 4.24. The van der Waals surface area contributed by atoms with Crippen LogP contribution in [0.25, 0.3) is 0 Å². The summed E-state index contributed by atoms with van der Waals surface area (Å²) in [6.07, 6.45) is 2.68. The summed E-state index contributed by atoms with van der Waals surface area (Å²) in [4.78, 5) is 30.7. The van der Waals surface area contributed by atoms with Crippen molar-refractivity contribution in [2.75, 3.05) is 6.61 Å². The van der Waals surface area contributed by atoms with E-state index in [0.29, 0.717) is 29.1 Å². The van der Waals surface area contributed by atoms with Crippen LogP contribution in [0.15, 0.2) is 70.9 Å². The van der Waals surface area contributed by atoms with E-state index in [4.69, 9.17) is 16.3 Å². The van der Waals surface area contributed by atoms with Crippen LogP contribution in [0.3, 0.4) is 0 Å². The van der Waals surface area contributed by atoms with Crippen molar-refractivity contribution in [3.8, 4) is 0 Å². The number of ether oxygens (including phenoxy) is 1. The molecule has 1 heterocycles. The number of aliphatic imine (C=N–C) groups is 1. The molecular weight excluding hydrogens is 398 g/mol. The Labute approximate surface area is 181 Å². The summed E-state index contributed by atoms with van der Waals surface area (Å²) >= 11 is 6.24. The maximum Gasteiger partial charge on any atom is 0.315 e. The minimum absolute atomic E-state index is 0.0690. The number of benzene rings is 2. The zero-order valence-electron chi connectivity index (χ0n) is 16.9. The summed E-state index contributed by atoms with van der Waals surface area (Å²) in [5, 5.41) is 0.578. The molecule has 0 N–H and O–H groups in total. The molecule has 1 unspecified atom stereocenters. The SMILES string of the molecule is CC1=NC2=C(C(=O)CCC2)[C@@H](c2cccc(Cl)c2)C1C(=O)OCCc1ccccc1. The molecule has 4 nitrogen and oxygen atoms in total. The van der Waals surface area contributed by atoms with Crippen molar-refractivity contribution in [2.24, 2.45) is 10.9 Å². The predicted octanol–water partition coefficient (Wildman–Crippen LogP) is 5.31. The average molecular weight is 422 g/mol. The molecule has 0 amide bonds. The molecule has 154 valence electrons. The molecule has 2 aliphatic rings. The number of hydrogen-bond donors (Lipinski definition) is 0. The number of Topliss-reactive ketones (excluding diaryl/α,β-unsaturated/α-hetero) is 1. The van der Waals surface area contributed by atoms with Crippen LogP contribution in [0, 0.1) is 5.92 Å². The van der Waals surface area contributed by atoms with Gasteiger partial charge < -0.3 is 4.74 Å². The van der Waals surface area contributed by atoms with Gasteiger partial charge in [0.15, 0.2) is 5.78 Å². The number of allylic oxidation sites excluding steroid dienone is 2. The molecule has 0 radical (unpaired) electrons. The molecule has 0 fully saturated rings. The van der Waals surface area contributed by atoms with Crippen LogP contribution in [0.2, 0.25) is 5.02 Å². The lowest BCUT2D eigenvalue weighted by Crippen LogP contribution is -2.37. The fraction of sp³-hybridized carbons (Fsp3) is 0.320. The minimum Gasteiger partial charge on any atom is -0.465 e. The first-order valence-corrected chi connectivity index (χ1v) is 10.7. The van der Waals surface area contributed by atoms with Gasteiger partial charge in [0.05, 0.1) is 6.61 Å². The highest BCUT2D eigenvalue weighted by Crippen LogP contribution is 2.44. The fourth-order valence-corrected chi connectivity index (χ4v) is 4.57. The van der Waals surface area contributed by atoms with Crippen molar-refractivity contribution in [3.63, 3.8) is 0 Å². The first-order valence-electron chi connectivity index (χ1n) is 10.3. The molecule has 1 aliphatic heterocycles. The first-order chi connectivity index (χ1) is 14.5. The summed E-state index contributed by atoms with van der Waals surface area (Å²) < 4.78 is 5.67. The third-order valence-corrected chi connectivity index (χ3v) is 6.01. The van der Waals surface area contributed by atoms with Gasteiger partial charge in [0, 0.05) is 40.8 Å². The molecule has 4 rings (SSSR count). The van der Waals surface area contributed by atoms with Gasteiger partial charge in [0.2, 0.25) is 0 Å². The van der Waals surface area contributed by atoms with Crippen molar-refractivity contribution >= 4 is 29.1 Å². The lowest BCUT2D eigenvalue weighted by Gasteiger charge is -2.34. The molecule has 2 aromatic carbocycles. The molecule has 0 spiro atoms. The predicted molar refractivity (Wildman–Crippen MR) is 118 cm³/mol. The highest BCUT2D eigenvalue weighted by atomic mass is 35.5.